The Labute approximate surface area is 172 Å². The molecule has 3 aromatic rings. The Bertz CT molecular complexity index is 885. The van der Waals surface area contributed by atoms with Crippen LogP contribution in [0.4, 0.5) is 10.8 Å². The Morgan fingerprint density at radius 3 is 2.61 bits per heavy atom. The first kappa shape index (κ1) is 20.2. The predicted molar refractivity (Wildman–Crippen MR) is 115 cm³/mol. The SMILES string of the molecule is COc1ccc(Nc2nnc(SCC(=O)NC[C@H](C)c3ccccc3)s2)cc1. The van der Waals surface area contributed by atoms with E-state index >= 15 is 0 Å². The summed E-state index contributed by atoms with van der Waals surface area (Å²) in [6.45, 7) is 2.72. The molecule has 2 aromatic carbocycles. The number of hydrogen-bond acceptors (Lipinski definition) is 7. The molecule has 28 heavy (non-hydrogen) atoms. The van der Waals surface area contributed by atoms with Crippen LogP contribution in [0.1, 0.15) is 18.4 Å². The van der Waals surface area contributed by atoms with Gasteiger partial charge in [0.2, 0.25) is 11.0 Å². The molecule has 146 valence electrons. The van der Waals surface area contributed by atoms with Crippen LogP contribution in [-0.4, -0.2) is 35.5 Å². The zero-order chi connectivity index (χ0) is 19.8. The van der Waals surface area contributed by atoms with Crippen molar-refractivity contribution >= 4 is 39.8 Å². The van der Waals surface area contributed by atoms with E-state index in [2.05, 4.69) is 39.9 Å². The van der Waals surface area contributed by atoms with Crippen LogP contribution < -0.4 is 15.4 Å². The van der Waals surface area contributed by atoms with Crippen LogP contribution in [0.15, 0.2) is 58.9 Å². The molecule has 0 aliphatic carbocycles. The Morgan fingerprint density at radius 2 is 1.89 bits per heavy atom. The van der Waals surface area contributed by atoms with Crippen LogP contribution in [0, 0.1) is 0 Å². The van der Waals surface area contributed by atoms with E-state index in [0.717, 1.165) is 15.8 Å². The second kappa shape index (κ2) is 10.1. The summed E-state index contributed by atoms with van der Waals surface area (Å²) in [4.78, 5) is 12.1. The van der Waals surface area contributed by atoms with E-state index in [-0.39, 0.29) is 11.8 Å². The zero-order valence-electron chi connectivity index (χ0n) is 15.7. The molecular weight excluding hydrogens is 392 g/mol. The van der Waals surface area contributed by atoms with Gasteiger partial charge in [0.25, 0.3) is 0 Å². The highest BCUT2D eigenvalue weighted by atomic mass is 32.2. The number of amides is 1. The molecule has 0 saturated heterocycles. The molecule has 1 heterocycles. The monoisotopic (exact) mass is 414 g/mol. The molecule has 1 aromatic heterocycles. The van der Waals surface area contributed by atoms with Gasteiger partial charge in [-0.3, -0.25) is 4.79 Å². The highest BCUT2D eigenvalue weighted by Gasteiger charge is 2.10. The van der Waals surface area contributed by atoms with Crippen molar-refractivity contribution < 1.29 is 9.53 Å². The number of carbonyl (C=O) groups excluding carboxylic acids is 1. The minimum absolute atomic E-state index is 0.00681. The summed E-state index contributed by atoms with van der Waals surface area (Å²) >= 11 is 2.81. The maximum Gasteiger partial charge on any atom is 0.230 e. The first-order valence-corrected chi connectivity index (χ1v) is 10.6. The number of anilines is 2. The number of aromatic nitrogens is 2. The lowest BCUT2D eigenvalue weighted by molar-refractivity contribution is -0.118. The van der Waals surface area contributed by atoms with Crippen molar-refractivity contribution in [1.29, 1.82) is 0 Å². The van der Waals surface area contributed by atoms with Crippen molar-refractivity contribution in [2.24, 2.45) is 0 Å². The lowest BCUT2D eigenvalue weighted by Gasteiger charge is -2.12. The Hall–Kier alpha value is -2.58. The van der Waals surface area contributed by atoms with E-state index in [1.165, 1.54) is 28.7 Å². The van der Waals surface area contributed by atoms with Crippen LogP contribution in [-0.2, 0) is 4.79 Å². The van der Waals surface area contributed by atoms with Gasteiger partial charge in [-0.05, 0) is 35.7 Å². The third-order valence-corrected chi connectivity index (χ3v) is 6.02. The number of thioether (sulfide) groups is 1. The largest absolute Gasteiger partial charge is 0.497 e. The average Bonchev–Trinajstić information content (AvgIpc) is 3.19. The summed E-state index contributed by atoms with van der Waals surface area (Å²) in [5, 5.41) is 15.1. The number of methoxy groups -OCH3 is 1. The fourth-order valence-electron chi connectivity index (χ4n) is 2.46. The van der Waals surface area contributed by atoms with E-state index in [0.29, 0.717) is 17.4 Å². The van der Waals surface area contributed by atoms with Crippen molar-refractivity contribution in [3.8, 4) is 5.75 Å². The smallest absolute Gasteiger partial charge is 0.230 e. The van der Waals surface area contributed by atoms with E-state index < -0.39 is 0 Å². The standard InChI is InChI=1S/C20H22N4O2S2/c1-14(15-6-4-3-5-7-15)12-21-18(25)13-27-20-24-23-19(28-20)22-16-8-10-17(26-2)11-9-16/h3-11,14H,12-13H2,1-2H3,(H,21,25)(H,22,23)/t14-/m0/s1. The molecular formula is C20H22N4O2S2. The number of carbonyl (C=O) groups is 1. The Morgan fingerprint density at radius 1 is 1.14 bits per heavy atom. The van der Waals surface area contributed by atoms with Crippen LogP contribution in [0.2, 0.25) is 0 Å². The molecule has 0 aliphatic heterocycles. The summed E-state index contributed by atoms with van der Waals surface area (Å²) in [6, 6.07) is 17.7. The third kappa shape index (κ3) is 5.97. The lowest BCUT2D eigenvalue weighted by atomic mass is 10.0. The van der Waals surface area contributed by atoms with Gasteiger partial charge in [0.05, 0.1) is 12.9 Å². The molecule has 0 aliphatic rings. The fourth-order valence-corrected chi connectivity index (χ4v) is 4.06. The molecule has 2 N–H and O–H groups in total. The van der Waals surface area contributed by atoms with Crippen molar-refractivity contribution in [1.82, 2.24) is 15.5 Å². The first-order valence-electron chi connectivity index (χ1n) is 8.83. The van der Waals surface area contributed by atoms with Crippen molar-refractivity contribution in [3.05, 3.63) is 60.2 Å². The molecule has 1 atom stereocenters. The summed E-state index contributed by atoms with van der Waals surface area (Å²) in [5.74, 6) is 1.38. The molecule has 3 rings (SSSR count). The molecule has 0 spiro atoms. The van der Waals surface area contributed by atoms with Gasteiger partial charge in [0, 0.05) is 12.2 Å². The van der Waals surface area contributed by atoms with Crippen LogP contribution >= 0.6 is 23.1 Å². The normalized spacial score (nSPS) is 11.6. The minimum atomic E-state index is -0.00681. The fraction of sp³-hybridized carbons (Fsp3) is 0.250. The highest BCUT2D eigenvalue weighted by molar-refractivity contribution is 8.01. The Kier molecular flexibility index (Phi) is 7.27. The van der Waals surface area contributed by atoms with E-state index in [1.54, 1.807) is 7.11 Å². The van der Waals surface area contributed by atoms with Crippen molar-refractivity contribution in [2.75, 3.05) is 24.7 Å². The molecule has 0 unspecified atom stereocenters. The maximum atomic E-state index is 12.1. The first-order chi connectivity index (χ1) is 13.6. The quantitative estimate of drug-likeness (QED) is 0.509. The minimum Gasteiger partial charge on any atom is -0.497 e. The van der Waals surface area contributed by atoms with Gasteiger partial charge in [-0.15, -0.1) is 10.2 Å². The molecule has 0 saturated carbocycles. The highest BCUT2D eigenvalue weighted by Crippen LogP contribution is 2.28. The van der Waals surface area contributed by atoms with Gasteiger partial charge in [0.1, 0.15) is 5.75 Å². The van der Waals surface area contributed by atoms with Gasteiger partial charge in [0.15, 0.2) is 4.34 Å². The van der Waals surface area contributed by atoms with Gasteiger partial charge < -0.3 is 15.4 Å². The summed E-state index contributed by atoms with van der Waals surface area (Å²) in [7, 11) is 1.63. The number of hydrogen-bond donors (Lipinski definition) is 2. The second-order valence-corrected chi connectivity index (χ2v) is 8.33. The van der Waals surface area contributed by atoms with E-state index in [1.807, 2.05) is 42.5 Å². The average molecular weight is 415 g/mol. The molecule has 8 heteroatoms. The third-order valence-electron chi connectivity index (χ3n) is 4.05. The van der Waals surface area contributed by atoms with E-state index in [4.69, 9.17) is 4.74 Å². The number of benzene rings is 2. The number of nitrogens with one attached hydrogen (secondary N) is 2. The summed E-state index contributed by atoms with van der Waals surface area (Å²) < 4.78 is 5.90. The van der Waals surface area contributed by atoms with Gasteiger partial charge in [-0.1, -0.05) is 60.4 Å². The number of ether oxygens (including phenoxy) is 1. The molecule has 0 bridgehead atoms. The number of nitrogens with zero attached hydrogens (tertiary/aromatic N) is 2. The maximum absolute atomic E-state index is 12.1. The number of rotatable bonds is 9. The summed E-state index contributed by atoms with van der Waals surface area (Å²) in [6.07, 6.45) is 0. The van der Waals surface area contributed by atoms with Gasteiger partial charge in [-0.25, -0.2) is 0 Å². The van der Waals surface area contributed by atoms with Gasteiger partial charge in [-0.2, -0.15) is 0 Å². The summed E-state index contributed by atoms with van der Waals surface area (Å²) in [5.41, 5.74) is 2.12. The predicted octanol–water partition coefficient (Wildman–Crippen LogP) is 4.30. The molecule has 6 nitrogen and oxygen atoms in total. The van der Waals surface area contributed by atoms with Crippen LogP contribution in [0.5, 0.6) is 5.75 Å². The molecule has 0 fully saturated rings. The molecule has 1 amide bonds. The second-order valence-electron chi connectivity index (χ2n) is 6.13. The van der Waals surface area contributed by atoms with Crippen molar-refractivity contribution in [2.45, 2.75) is 17.2 Å². The topological polar surface area (TPSA) is 76.1 Å². The zero-order valence-corrected chi connectivity index (χ0v) is 17.3. The Balaban J connectivity index is 1.42. The van der Waals surface area contributed by atoms with Gasteiger partial charge >= 0.3 is 0 Å². The van der Waals surface area contributed by atoms with Crippen LogP contribution in [0.25, 0.3) is 0 Å². The molecule has 0 radical (unpaired) electrons. The van der Waals surface area contributed by atoms with Crippen molar-refractivity contribution in [3.63, 3.8) is 0 Å². The van der Waals surface area contributed by atoms with Crippen LogP contribution in [0.3, 0.4) is 0 Å². The lowest BCUT2D eigenvalue weighted by Crippen LogP contribution is -2.28. The van der Waals surface area contributed by atoms with E-state index in [9.17, 15) is 4.79 Å².